The molecule has 0 bridgehead atoms. The Balaban J connectivity index is 1.72. The second-order valence-electron chi connectivity index (χ2n) is 5.07. The minimum atomic E-state index is -0.275. The maximum atomic E-state index is 11.6. The summed E-state index contributed by atoms with van der Waals surface area (Å²) in [5, 5.41) is 3.91. The molecule has 0 atom stereocenters. The lowest BCUT2D eigenvalue weighted by Gasteiger charge is -2.07. The normalized spacial score (nSPS) is 10.6. The zero-order valence-electron chi connectivity index (χ0n) is 12.9. The summed E-state index contributed by atoms with van der Waals surface area (Å²) in [6.45, 7) is 3.99. The number of rotatable bonds is 6. The molecule has 0 heterocycles. The molecule has 0 aromatic heterocycles. The molecular weight excluding hydrogens is 276 g/mol. The van der Waals surface area contributed by atoms with Gasteiger partial charge in [0, 0.05) is 12.6 Å². The van der Waals surface area contributed by atoms with Crippen LogP contribution in [0.5, 0.6) is 5.75 Å². The molecular formula is C18H20N2O2. The highest BCUT2D eigenvalue weighted by Crippen LogP contribution is 2.16. The fraction of sp³-hybridized carbons (Fsp3) is 0.222. The highest BCUT2D eigenvalue weighted by Gasteiger charge is 2.02. The van der Waals surface area contributed by atoms with E-state index in [0.717, 1.165) is 11.1 Å². The smallest absolute Gasteiger partial charge is 0.277 e. The molecule has 114 valence electrons. The SMILES string of the molecule is Cc1ccc(OCC(=O)N/N=C/Cc2ccccc2)cc1C. The summed E-state index contributed by atoms with van der Waals surface area (Å²) in [5.41, 5.74) is 5.93. The van der Waals surface area contributed by atoms with Crippen LogP contribution < -0.4 is 10.2 Å². The molecule has 0 aliphatic heterocycles. The topological polar surface area (TPSA) is 50.7 Å². The number of ether oxygens (including phenoxy) is 1. The Kier molecular flexibility index (Phi) is 5.72. The van der Waals surface area contributed by atoms with E-state index >= 15 is 0 Å². The third-order valence-corrected chi connectivity index (χ3v) is 3.30. The van der Waals surface area contributed by atoms with E-state index in [1.54, 1.807) is 6.21 Å². The van der Waals surface area contributed by atoms with Crippen LogP contribution in [0.2, 0.25) is 0 Å². The number of nitrogens with one attached hydrogen (secondary N) is 1. The first-order chi connectivity index (χ1) is 10.6. The van der Waals surface area contributed by atoms with Crippen LogP contribution in [0.15, 0.2) is 53.6 Å². The van der Waals surface area contributed by atoms with Crippen LogP contribution in [0, 0.1) is 13.8 Å². The molecule has 0 aliphatic carbocycles. The van der Waals surface area contributed by atoms with Crippen LogP contribution >= 0.6 is 0 Å². The van der Waals surface area contributed by atoms with Gasteiger partial charge in [-0.15, -0.1) is 0 Å². The van der Waals surface area contributed by atoms with Gasteiger partial charge in [-0.2, -0.15) is 5.10 Å². The van der Waals surface area contributed by atoms with Crippen LogP contribution in [-0.2, 0) is 11.2 Å². The van der Waals surface area contributed by atoms with Crippen molar-refractivity contribution in [3.05, 3.63) is 65.2 Å². The molecule has 0 spiro atoms. The van der Waals surface area contributed by atoms with Gasteiger partial charge in [0.15, 0.2) is 6.61 Å². The second kappa shape index (κ2) is 7.98. The Morgan fingerprint density at radius 2 is 1.91 bits per heavy atom. The average Bonchev–Trinajstić information content (AvgIpc) is 2.54. The number of amides is 1. The zero-order valence-corrected chi connectivity index (χ0v) is 12.9. The Morgan fingerprint density at radius 3 is 2.64 bits per heavy atom. The first-order valence-corrected chi connectivity index (χ1v) is 7.19. The minimum Gasteiger partial charge on any atom is -0.484 e. The van der Waals surface area contributed by atoms with Gasteiger partial charge >= 0.3 is 0 Å². The molecule has 0 aliphatic rings. The Bertz CT molecular complexity index is 651. The van der Waals surface area contributed by atoms with Crippen LogP contribution in [-0.4, -0.2) is 18.7 Å². The molecule has 1 N–H and O–H groups in total. The van der Waals surface area contributed by atoms with Gasteiger partial charge in [0.2, 0.25) is 0 Å². The minimum absolute atomic E-state index is 0.0504. The molecule has 22 heavy (non-hydrogen) atoms. The quantitative estimate of drug-likeness (QED) is 0.658. The highest BCUT2D eigenvalue weighted by atomic mass is 16.5. The van der Waals surface area contributed by atoms with Crippen molar-refractivity contribution in [1.82, 2.24) is 5.43 Å². The van der Waals surface area contributed by atoms with Crippen molar-refractivity contribution in [1.29, 1.82) is 0 Å². The van der Waals surface area contributed by atoms with E-state index in [1.165, 1.54) is 5.56 Å². The van der Waals surface area contributed by atoms with Gasteiger partial charge in [-0.05, 0) is 42.7 Å². The van der Waals surface area contributed by atoms with Gasteiger partial charge in [0.25, 0.3) is 5.91 Å². The summed E-state index contributed by atoms with van der Waals surface area (Å²) in [5.74, 6) is 0.411. The van der Waals surface area contributed by atoms with Crippen molar-refractivity contribution in [3.63, 3.8) is 0 Å². The number of carbonyl (C=O) groups excluding carboxylic acids is 1. The van der Waals surface area contributed by atoms with E-state index < -0.39 is 0 Å². The van der Waals surface area contributed by atoms with E-state index in [2.05, 4.69) is 10.5 Å². The first kappa shape index (κ1) is 15.8. The van der Waals surface area contributed by atoms with Crippen molar-refractivity contribution in [3.8, 4) is 5.75 Å². The van der Waals surface area contributed by atoms with Crippen molar-refractivity contribution >= 4 is 12.1 Å². The monoisotopic (exact) mass is 296 g/mol. The number of benzene rings is 2. The van der Waals surface area contributed by atoms with Gasteiger partial charge in [-0.3, -0.25) is 4.79 Å². The van der Waals surface area contributed by atoms with Crippen molar-refractivity contribution in [2.45, 2.75) is 20.3 Å². The zero-order chi connectivity index (χ0) is 15.8. The first-order valence-electron chi connectivity index (χ1n) is 7.19. The molecule has 1 amide bonds. The summed E-state index contributed by atoms with van der Waals surface area (Å²) < 4.78 is 5.43. The summed E-state index contributed by atoms with van der Waals surface area (Å²) in [7, 11) is 0. The molecule has 4 nitrogen and oxygen atoms in total. The van der Waals surface area contributed by atoms with Crippen molar-refractivity contribution in [2.75, 3.05) is 6.61 Å². The molecule has 0 saturated carbocycles. The molecule has 2 aromatic carbocycles. The molecule has 0 fully saturated rings. The van der Waals surface area contributed by atoms with Crippen LogP contribution in [0.4, 0.5) is 0 Å². The third-order valence-electron chi connectivity index (χ3n) is 3.30. The number of carbonyl (C=O) groups is 1. The number of hydrogen-bond acceptors (Lipinski definition) is 3. The predicted octanol–water partition coefficient (Wildman–Crippen LogP) is 3.03. The van der Waals surface area contributed by atoms with E-state index in [0.29, 0.717) is 12.2 Å². The molecule has 0 saturated heterocycles. The molecule has 4 heteroatoms. The van der Waals surface area contributed by atoms with Gasteiger partial charge in [-0.25, -0.2) is 5.43 Å². The largest absolute Gasteiger partial charge is 0.484 e. The number of aryl methyl sites for hydroxylation is 2. The van der Waals surface area contributed by atoms with Crippen molar-refractivity contribution in [2.24, 2.45) is 5.10 Å². The van der Waals surface area contributed by atoms with Crippen LogP contribution in [0.3, 0.4) is 0 Å². The lowest BCUT2D eigenvalue weighted by molar-refractivity contribution is -0.123. The Morgan fingerprint density at radius 1 is 1.14 bits per heavy atom. The summed E-state index contributed by atoms with van der Waals surface area (Å²) >= 11 is 0. The second-order valence-corrected chi connectivity index (χ2v) is 5.07. The number of hydrazone groups is 1. The predicted molar refractivity (Wildman–Crippen MR) is 88.2 cm³/mol. The number of hydrogen-bond donors (Lipinski definition) is 1. The van der Waals surface area contributed by atoms with E-state index in [4.69, 9.17) is 4.74 Å². The summed E-state index contributed by atoms with van der Waals surface area (Å²) in [4.78, 5) is 11.6. The highest BCUT2D eigenvalue weighted by molar-refractivity contribution is 5.78. The van der Waals surface area contributed by atoms with E-state index in [9.17, 15) is 4.79 Å². The average molecular weight is 296 g/mol. The Labute approximate surface area is 130 Å². The number of nitrogens with zero attached hydrogens (tertiary/aromatic N) is 1. The van der Waals surface area contributed by atoms with Gasteiger partial charge in [0.1, 0.15) is 5.75 Å². The molecule has 0 radical (unpaired) electrons. The molecule has 0 unspecified atom stereocenters. The lowest BCUT2D eigenvalue weighted by Crippen LogP contribution is -2.24. The maximum Gasteiger partial charge on any atom is 0.277 e. The fourth-order valence-corrected chi connectivity index (χ4v) is 1.87. The van der Waals surface area contributed by atoms with Crippen molar-refractivity contribution < 1.29 is 9.53 Å². The molecule has 2 aromatic rings. The summed E-state index contributed by atoms with van der Waals surface area (Å²) in [6.07, 6.45) is 2.35. The van der Waals surface area contributed by atoms with E-state index in [1.807, 2.05) is 62.4 Å². The lowest BCUT2D eigenvalue weighted by atomic mass is 10.1. The molecule has 2 rings (SSSR count). The van der Waals surface area contributed by atoms with Crippen LogP contribution in [0.25, 0.3) is 0 Å². The van der Waals surface area contributed by atoms with Crippen LogP contribution in [0.1, 0.15) is 16.7 Å². The van der Waals surface area contributed by atoms with Gasteiger partial charge < -0.3 is 4.74 Å². The maximum absolute atomic E-state index is 11.6. The van der Waals surface area contributed by atoms with Gasteiger partial charge in [0.05, 0.1) is 0 Å². The van der Waals surface area contributed by atoms with E-state index in [-0.39, 0.29) is 12.5 Å². The standard InChI is InChI=1S/C18H20N2O2/c1-14-8-9-17(12-15(14)2)22-13-18(21)20-19-11-10-16-6-4-3-5-7-16/h3-9,11-12H,10,13H2,1-2H3,(H,20,21)/b19-11+. The Hall–Kier alpha value is -2.62. The fourth-order valence-electron chi connectivity index (χ4n) is 1.87. The summed E-state index contributed by atoms with van der Waals surface area (Å²) in [6, 6.07) is 15.7. The van der Waals surface area contributed by atoms with Gasteiger partial charge in [-0.1, -0.05) is 36.4 Å². The third kappa shape index (κ3) is 5.05.